The molecule has 13 heavy (non-hydrogen) atoms. The number of piperidine rings is 1. The maximum Gasteiger partial charge on any atom is 0.323 e. The van der Waals surface area contributed by atoms with Gasteiger partial charge in [0, 0.05) is 0 Å². The molecule has 1 N–H and O–H groups in total. The third-order valence-corrected chi connectivity index (χ3v) is 2.65. The van der Waals surface area contributed by atoms with E-state index in [1.165, 1.54) is 0 Å². The lowest BCUT2D eigenvalue weighted by Crippen LogP contribution is -2.52. The second kappa shape index (κ2) is 4.09. The van der Waals surface area contributed by atoms with Crippen LogP contribution in [0.15, 0.2) is 0 Å². The summed E-state index contributed by atoms with van der Waals surface area (Å²) in [7, 11) is 0. The molecule has 76 valence electrons. The van der Waals surface area contributed by atoms with Gasteiger partial charge in [-0.15, -0.1) is 0 Å². The summed E-state index contributed by atoms with van der Waals surface area (Å²) >= 11 is 0. The maximum absolute atomic E-state index is 11.5. The first-order chi connectivity index (χ1) is 6.08. The molecule has 1 rings (SSSR count). The van der Waals surface area contributed by atoms with Crippen molar-refractivity contribution in [3.8, 4) is 0 Å². The van der Waals surface area contributed by atoms with E-state index in [2.05, 4.69) is 19.2 Å². The third-order valence-electron chi connectivity index (χ3n) is 2.65. The Kier molecular flexibility index (Phi) is 3.31. The topological polar surface area (TPSA) is 38.3 Å². The molecule has 3 nitrogen and oxygen atoms in total. The lowest BCUT2D eigenvalue weighted by molar-refractivity contribution is -0.149. The van der Waals surface area contributed by atoms with Gasteiger partial charge in [0.25, 0.3) is 0 Å². The SMILES string of the molecule is CCOC(=O)C1NCCCC1(C)C. The van der Waals surface area contributed by atoms with E-state index < -0.39 is 0 Å². The van der Waals surface area contributed by atoms with Gasteiger partial charge in [-0.2, -0.15) is 0 Å². The van der Waals surface area contributed by atoms with E-state index in [1.807, 2.05) is 6.92 Å². The maximum atomic E-state index is 11.5. The van der Waals surface area contributed by atoms with Gasteiger partial charge in [-0.05, 0) is 31.7 Å². The van der Waals surface area contributed by atoms with E-state index in [1.54, 1.807) is 0 Å². The van der Waals surface area contributed by atoms with Crippen molar-refractivity contribution in [3.63, 3.8) is 0 Å². The van der Waals surface area contributed by atoms with Gasteiger partial charge < -0.3 is 10.1 Å². The smallest absolute Gasteiger partial charge is 0.323 e. The van der Waals surface area contributed by atoms with Crippen LogP contribution < -0.4 is 5.32 Å². The largest absolute Gasteiger partial charge is 0.465 e. The van der Waals surface area contributed by atoms with Crippen LogP contribution in [0.5, 0.6) is 0 Å². The molecule has 1 aliphatic heterocycles. The minimum absolute atomic E-state index is 0.0322. The van der Waals surface area contributed by atoms with Crippen molar-refractivity contribution < 1.29 is 9.53 Å². The molecule has 0 radical (unpaired) electrons. The fraction of sp³-hybridized carbons (Fsp3) is 0.900. The summed E-state index contributed by atoms with van der Waals surface area (Å²) in [6, 6.07) is -0.124. The Morgan fingerprint density at radius 1 is 1.62 bits per heavy atom. The fourth-order valence-corrected chi connectivity index (χ4v) is 1.84. The Morgan fingerprint density at radius 2 is 2.31 bits per heavy atom. The highest BCUT2D eigenvalue weighted by Crippen LogP contribution is 2.30. The molecule has 3 heteroatoms. The monoisotopic (exact) mass is 185 g/mol. The molecule has 1 atom stereocenters. The van der Waals surface area contributed by atoms with Crippen LogP contribution in [-0.2, 0) is 9.53 Å². The Labute approximate surface area is 79.8 Å². The van der Waals surface area contributed by atoms with E-state index in [4.69, 9.17) is 4.74 Å². The minimum atomic E-state index is -0.124. The van der Waals surface area contributed by atoms with Gasteiger partial charge >= 0.3 is 5.97 Å². The summed E-state index contributed by atoms with van der Waals surface area (Å²) in [5.41, 5.74) is 0.0322. The van der Waals surface area contributed by atoms with Crippen molar-refractivity contribution >= 4 is 5.97 Å². The quantitative estimate of drug-likeness (QED) is 0.659. The number of carbonyl (C=O) groups is 1. The zero-order valence-electron chi connectivity index (χ0n) is 8.72. The second-order valence-electron chi connectivity index (χ2n) is 4.23. The van der Waals surface area contributed by atoms with Gasteiger partial charge in [0.05, 0.1) is 6.61 Å². The van der Waals surface area contributed by atoms with Gasteiger partial charge in [0.15, 0.2) is 0 Å². The summed E-state index contributed by atoms with van der Waals surface area (Å²) < 4.78 is 5.02. The molecule has 0 bridgehead atoms. The Balaban J connectivity index is 2.59. The van der Waals surface area contributed by atoms with E-state index in [0.717, 1.165) is 19.4 Å². The Morgan fingerprint density at radius 3 is 2.85 bits per heavy atom. The third kappa shape index (κ3) is 2.44. The highest BCUT2D eigenvalue weighted by Gasteiger charge is 2.37. The van der Waals surface area contributed by atoms with Crippen molar-refractivity contribution in [3.05, 3.63) is 0 Å². The summed E-state index contributed by atoms with van der Waals surface area (Å²) in [5.74, 6) is -0.104. The first-order valence-electron chi connectivity index (χ1n) is 4.98. The van der Waals surface area contributed by atoms with Gasteiger partial charge in [0.1, 0.15) is 6.04 Å². The van der Waals surface area contributed by atoms with E-state index >= 15 is 0 Å². The number of hydrogen-bond donors (Lipinski definition) is 1. The van der Waals surface area contributed by atoms with Gasteiger partial charge in [-0.1, -0.05) is 13.8 Å². The highest BCUT2D eigenvalue weighted by molar-refractivity contribution is 5.76. The zero-order chi connectivity index (χ0) is 9.90. The molecular formula is C10H19NO2. The van der Waals surface area contributed by atoms with Crippen LogP contribution in [0.25, 0.3) is 0 Å². The highest BCUT2D eigenvalue weighted by atomic mass is 16.5. The zero-order valence-corrected chi connectivity index (χ0v) is 8.72. The average Bonchev–Trinajstić information content (AvgIpc) is 2.03. The summed E-state index contributed by atoms with van der Waals surface area (Å²) in [6.45, 7) is 7.45. The number of ether oxygens (including phenoxy) is 1. The fourth-order valence-electron chi connectivity index (χ4n) is 1.84. The molecular weight excluding hydrogens is 166 g/mol. The predicted octanol–water partition coefficient (Wildman–Crippen LogP) is 1.33. The number of esters is 1. The Hall–Kier alpha value is -0.570. The van der Waals surface area contributed by atoms with Gasteiger partial charge in [-0.3, -0.25) is 4.79 Å². The molecule has 0 aromatic heterocycles. The van der Waals surface area contributed by atoms with Crippen LogP contribution in [0.2, 0.25) is 0 Å². The molecule has 1 fully saturated rings. The molecule has 1 aliphatic rings. The minimum Gasteiger partial charge on any atom is -0.465 e. The molecule has 0 aromatic rings. The van der Waals surface area contributed by atoms with Crippen LogP contribution in [-0.4, -0.2) is 25.2 Å². The summed E-state index contributed by atoms with van der Waals surface area (Å²) in [5, 5.41) is 3.22. The predicted molar refractivity (Wildman–Crippen MR) is 51.4 cm³/mol. The summed E-state index contributed by atoms with van der Waals surface area (Å²) in [6.07, 6.45) is 2.23. The van der Waals surface area contributed by atoms with E-state index in [9.17, 15) is 4.79 Å². The van der Waals surface area contributed by atoms with E-state index in [0.29, 0.717) is 6.61 Å². The average molecular weight is 185 g/mol. The van der Waals surface area contributed by atoms with Crippen LogP contribution >= 0.6 is 0 Å². The molecule has 0 aromatic carbocycles. The lowest BCUT2D eigenvalue weighted by atomic mass is 9.77. The molecule has 1 saturated heterocycles. The Bertz CT molecular complexity index is 189. The van der Waals surface area contributed by atoms with Crippen molar-refractivity contribution in [1.82, 2.24) is 5.32 Å². The van der Waals surface area contributed by atoms with Crippen molar-refractivity contribution in [2.45, 2.75) is 39.7 Å². The first-order valence-corrected chi connectivity index (χ1v) is 4.98. The number of hydrogen-bond acceptors (Lipinski definition) is 3. The van der Waals surface area contributed by atoms with Gasteiger partial charge in [-0.25, -0.2) is 0 Å². The van der Waals surface area contributed by atoms with Crippen LogP contribution in [0.1, 0.15) is 33.6 Å². The second-order valence-corrected chi connectivity index (χ2v) is 4.23. The van der Waals surface area contributed by atoms with Gasteiger partial charge in [0.2, 0.25) is 0 Å². The number of rotatable bonds is 2. The normalized spacial score (nSPS) is 26.8. The molecule has 0 amide bonds. The summed E-state index contributed by atoms with van der Waals surface area (Å²) in [4.78, 5) is 11.5. The molecule has 0 aliphatic carbocycles. The van der Waals surface area contributed by atoms with Crippen LogP contribution in [0.4, 0.5) is 0 Å². The molecule has 0 spiro atoms. The number of nitrogens with one attached hydrogen (secondary N) is 1. The standard InChI is InChI=1S/C10H19NO2/c1-4-13-9(12)8-10(2,3)6-5-7-11-8/h8,11H,4-7H2,1-3H3. The lowest BCUT2D eigenvalue weighted by Gasteiger charge is -2.37. The van der Waals surface area contributed by atoms with Crippen molar-refractivity contribution in [1.29, 1.82) is 0 Å². The van der Waals surface area contributed by atoms with E-state index in [-0.39, 0.29) is 17.4 Å². The number of carbonyl (C=O) groups excluding carboxylic acids is 1. The van der Waals surface area contributed by atoms with Crippen LogP contribution in [0, 0.1) is 5.41 Å². The van der Waals surface area contributed by atoms with Crippen molar-refractivity contribution in [2.24, 2.45) is 5.41 Å². The molecule has 1 heterocycles. The van der Waals surface area contributed by atoms with Crippen molar-refractivity contribution in [2.75, 3.05) is 13.2 Å². The molecule has 0 saturated carbocycles. The molecule has 1 unspecified atom stereocenters. The van der Waals surface area contributed by atoms with Crippen LogP contribution in [0.3, 0.4) is 0 Å². The first kappa shape index (κ1) is 10.5.